The van der Waals surface area contributed by atoms with E-state index < -0.39 is 26.4 Å². The lowest BCUT2D eigenvalue weighted by Gasteiger charge is -2.20. The van der Waals surface area contributed by atoms with Gasteiger partial charge in [-0.1, -0.05) is 12.1 Å². The lowest BCUT2D eigenvalue weighted by molar-refractivity contribution is -0.385. The average molecular weight is 437 g/mol. The van der Waals surface area contributed by atoms with Crippen LogP contribution in [0, 0.1) is 10.1 Å². The van der Waals surface area contributed by atoms with E-state index in [-0.39, 0.29) is 21.3 Å². The van der Waals surface area contributed by atoms with Gasteiger partial charge in [0.25, 0.3) is 11.6 Å². The largest absolute Gasteiger partial charge is 0.332 e. The van der Waals surface area contributed by atoms with Gasteiger partial charge in [0.1, 0.15) is 5.56 Å². The topological polar surface area (TPSA) is 130 Å². The number of hydrogen-bond acceptors (Lipinski definition) is 6. The standard InChI is InChI=1S/C18H20N4O5S2/c1-18(2,3)21-29(26,27)13-10-8-12(9-11-13)19-17(28)20-16(23)14-6-4-5-7-15(14)22(24)25/h4-11,21H,1-3H3,(H2,19,20,23,28). The number of amides is 1. The zero-order chi connectivity index (χ0) is 21.8. The van der Waals surface area contributed by atoms with Gasteiger partial charge in [-0.05, 0) is 63.3 Å². The number of benzene rings is 2. The van der Waals surface area contributed by atoms with Crippen molar-refractivity contribution in [1.29, 1.82) is 0 Å². The fraction of sp³-hybridized carbons (Fsp3) is 0.222. The molecule has 9 nitrogen and oxygen atoms in total. The first-order valence-electron chi connectivity index (χ1n) is 8.39. The van der Waals surface area contributed by atoms with Crippen molar-refractivity contribution in [2.45, 2.75) is 31.2 Å². The van der Waals surface area contributed by atoms with Crippen molar-refractivity contribution in [3.8, 4) is 0 Å². The Morgan fingerprint density at radius 3 is 2.21 bits per heavy atom. The molecule has 3 N–H and O–H groups in total. The molecule has 0 heterocycles. The molecule has 0 aliphatic rings. The van der Waals surface area contributed by atoms with Crippen LogP contribution in [0.15, 0.2) is 53.4 Å². The molecule has 0 aliphatic heterocycles. The molecule has 2 aromatic carbocycles. The van der Waals surface area contributed by atoms with E-state index in [2.05, 4.69) is 15.4 Å². The Hall–Kier alpha value is -2.89. The molecule has 154 valence electrons. The molecule has 29 heavy (non-hydrogen) atoms. The van der Waals surface area contributed by atoms with Gasteiger partial charge in [-0.15, -0.1) is 0 Å². The third-order valence-electron chi connectivity index (χ3n) is 3.44. The first-order chi connectivity index (χ1) is 13.4. The Balaban J connectivity index is 2.07. The number of sulfonamides is 1. The summed E-state index contributed by atoms with van der Waals surface area (Å²) in [5.74, 6) is -0.733. The van der Waals surface area contributed by atoms with Crippen molar-refractivity contribution in [2.24, 2.45) is 0 Å². The van der Waals surface area contributed by atoms with Gasteiger partial charge in [0, 0.05) is 17.3 Å². The third-order valence-corrected chi connectivity index (χ3v) is 5.41. The Kier molecular flexibility index (Phi) is 6.67. The Labute approximate surface area is 173 Å². The molecule has 2 rings (SSSR count). The molecule has 0 aromatic heterocycles. The molecule has 0 fully saturated rings. The van der Waals surface area contributed by atoms with E-state index in [0.29, 0.717) is 5.69 Å². The van der Waals surface area contributed by atoms with E-state index in [1.807, 2.05) is 0 Å². The zero-order valence-corrected chi connectivity index (χ0v) is 17.6. The summed E-state index contributed by atoms with van der Waals surface area (Å²) in [6.45, 7) is 5.20. The molecular weight excluding hydrogens is 416 g/mol. The summed E-state index contributed by atoms with van der Waals surface area (Å²) in [5, 5.41) is 16.0. The van der Waals surface area contributed by atoms with Crippen molar-refractivity contribution >= 4 is 44.6 Å². The number of carbonyl (C=O) groups excluding carboxylic acids is 1. The number of anilines is 1. The molecule has 0 radical (unpaired) electrons. The minimum Gasteiger partial charge on any atom is -0.332 e. The van der Waals surface area contributed by atoms with Crippen molar-refractivity contribution in [2.75, 3.05) is 5.32 Å². The first kappa shape index (κ1) is 22.4. The quantitative estimate of drug-likeness (QED) is 0.373. The second-order valence-corrected chi connectivity index (χ2v) is 9.15. The van der Waals surface area contributed by atoms with Crippen LogP contribution in [0.5, 0.6) is 0 Å². The summed E-state index contributed by atoms with van der Waals surface area (Å²) in [6.07, 6.45) is 0. The highest BCUT2D eigenvalue weighted by atomic mass is 32.2. The number of thiocarbonyl (C=S) groups is 1. The summed E-state index contributed by atoms with van der Waals surface area (Å²) in [5.41, 5.74) is -0.653. The van der Waals surface area contributed by atoms with Crippen molar-refractivity contribution in [3.05, 3.63) is 64.2 Å². The highest BCUT2D eigenvalue weighted by Gasteiger charge is 2.22. The van der Waals surface area contributed by atoms with E-state index in [0.717, 1.165) is 0 Å². The minimum atomic E-state index is -3.68. The lowest BCUT2D eigenvalue weighted by Crippen LogP contribution is -2.40. The van der Waals surface area contributed by atoms with Gasteiger partial charge in [-0.25, -0.2) is 13.1 Å². The molecule has 0 saturated carbocycles. The monoisotopic (exact) mass is 436 g/mol. The normalized spacial score (nSPS) is 11.6. The maximum Gasteiger partial charge on any atom is 0.282 e. The molecule has 2 aromatic rings. The van der Waals surface area contributed by atoms with Crippen molar-refractivity contribution < 1.29 is 18.1 Å². The minimum absolute atomic E-state index is 0.0767. The third kappa shape index (κ3) is 6.31. The number of nitro benzene ring substituents is 1. The van der Waals surface area contributed by atoms with Gasteiger partial charge in [-0.3, -0.25) is 20.2 Å². The van der Waals surface area contributed by atoms with E-state index in [4.69, 9.17) is 12.2 Å². The molecular formula is C18H20N4O5S2. The van der Waals surface area contributed by atoms with Crippen LogP contribution in [-0.4, -0.2) is 29.9 Å². The van der Waals surface area contributed by atoms with Crippen LogP contribution >= 0.6 is 12.2 Å². The Bertz CT molecular complexity index is 1040. The fourth-order valence-corrected chi connectivity index (χ4v) is 3.97. The maximum absolute atomic E-state index is 12.3. The number of carbonyl (C=O) groups is 1. The summed E-state index contributed by atoms with van der Waals surface area (Å²) in [4.78, 5) is 22.7. The summed E-state index contributed by atoms with van der Waals surface area (Å²) < 4.78 is 27.1. The number of hydrogen-bond donors (Lipinski definition) is 3. The molecule has 1 amide bonds. The van der Waals surface area contributed by atoms with Crippen LogP contribution in [0.1, 0.15) is 31.1 Å². The van der Waals surface area contributed by atoms with Crippen LogP contribution in [0.2, 0.25) is 0 Å². The Morgan fingerprint density at radius 2 is 1.66 bits per heavy atom. The summed E-state index contributed by atoms with van der Waals surface area (Å²) >= 11 is 5.06. The van der Waals surface area contributed by atoms with E-state index in [9.17, 15) is 23.3 Å². The second-order valence-electron chi connectivity index (χ2n) is 7.06. The van der Waals surface area contributed by atoms with Crippen LogP contribution in [0.3, 0.4) is 0 Å². The molecule has 0 unspecified atom stereocenters. The van der Waals surface area contributed by atoms with Gasteiger partial charge in [0.05, 0.1) is 9.82 Å². The van der Waals surface area contributed by atoms with Gasteiger partial charge >= 0.3 is 0 Å². The van der Waals surface area contributed by atoms with Crippen LogP contribution < -0.4 is 15.4 Å². The van der Waals surface area contributed by atoms with E-state index >= 15 is 0 Å². The van der Waals surface area contributed by atoms with Crippen molar-refractivity contribution in [1.82, 2.24) is 10.0 Å². The Morgan fingerprint density at radius 1 is 1.07 bits per heavy atom. The predicted molar refractivity (Wildman–Crippen MR) is 113 cm³/mol. The molecule has 0 saturated heterocycles. The number of nitro groups is 1. The predicted octanol–water partition coefficient (Wildman–Crippen LogP) is 2.80. The summed E-state index contributed by atoms with van der Waals surface area (Å²) in [7, 11) is -3.68. The number of nitrogens with zero attached hydrogens (tertiary/aromatic N) is 1. The highest BCUT2D eigenvalue weighted by molar-refractivity contribution is 7.89. The number of nitrogens with one attached hydrogen (secondary N) is 3. The number of para-hydroxylation sites is 1. The molecule has 0 spiro atoms. The maximum atomic E-state index is 12.3. The van der Waals surface area contributed by atoms with Gasteiger partial charge < -0.3 is 5.32 Å². The second kappa shape index (κ2) is 8.64. The molecule has 0 aliphatic carbocycles. The molecule has 0 bridgehead atoms. The molecule has 0 atom stereocenters. The van der Waals surface area contributed by atoms with Gasteiger partial charge in [-0.2, -0.15) is 0 Å². The average Bonchev–Trinajstić information content (AvgIpc) is 2.60. The highest BCUT2D eigenvalue weighted by Crippen LogP contribution is 2.18. The van der Waals surface area contributed by atoms with Crippen LogP contribution in [0.4, 0.5) is 11.4 Å². The van der Waals surface area contributed by atoms with Crippen LogP contribution in [-0.2, 0) is 10.0 Å². The molecule has 11 heteroatoms. The van der Waals surface area contributed by atoms with Crippen LogP contribution in [0.25, 0.3) is 0 Å². The fourth-order valence-electron chi connectivity index (χ4n) is 2.34. The summed E-state index contributed by atoms with van der Waals surface area (Å²) in [6, 6.07) is 11.2. The van der Waals surface area contributed by atoms with Gasteiger partial charge in [0.2, 0.25) is 10.0 Å². The van der Waals surface area contributed by atoms with Gasteiger partial charge in [0.15, 0.2) is 5.11 Å². The number of rotatable bonds is 5. The first-order valence-corrected chi connectivity index (χ1v) is 10.3. The van der Waals surface area contributed by atoms with E-state index in [1.165, 1.54) is 48.5 Å². The zero-order valence-electron chi connectivity index (χ0n) is 15.9. The SMILES string of the molecule is CC(C)(C)NS(=O)(=O)c1ccc(NC(=S)NC(=O)c2ccccc2[N+](=O)[O-])cc1. The smallest absolute Gasteiger partial charge is 0.282 e. The lowest BCUT2D eigenvalue weighted by atomic mass is 10.1. The van der Waals surface area contributed by atoms with Crippen molar-refractivity contribution in [3.63, 3.8) is 0 Å². The van der Waals surface area contributed by atoms with E-state index in [1.54, 1.807) is 20.8 Å².